The van der Waals surface area contributed by atoms with Gasteiger partial charge in [0.15, 0.2) is 11.6 Å². The molecule has 0 aromatic rings. The van der Waals surface area contributed by atoms with Crippen molar-refractivity contribution >= 4 is 17.3 Å². The molecule has 0 saturated heterocycles. The lowest BCUT2D eigenvalue weighted by Gasteiger charge is -2.41. The van der Waals surface area contributed by atoms with Crippen LogP contribution in [-0.4, -0.2) is 17.3 Å². The minimum absolute atomic E-state index is 0.0911. The third-order valence-electron chi connectivity index (χ3n) is 4.19. The molecule has 0 aliphatic heterocycles. The summed E-state index contributed by atoms with van der Waals surface area (Å²) in [5, 5.41) is 0. The van der Waals surface area contributed by atoms with Gasteiger partial charge in [0.05, 0.1) is 0 Å². The van der Waals surface area contributed by atoms with Crippen LogP contribution >= 0.6 is 0 Å². The Kier molecular flexibility index (Phi) is 2.64. The van der Waals surface area contributed by atoms with E-state index in [9.17, 15) is 14.4 Å². The van der Waals surface area contributed by atoms with Gasteiger partial charge in [-0.25, -0.2) is 0 Å². The maximum absolute atomic E-state index is 12.1. The molecule has 0 aromatic carbocycles. The summed E-state index contributed by atoms with van der Waals surface area (Å²) in [7, 11) is 0. The van der Waals surface area contributed by atoms with Crippen molar-refractivity contribution in [2.75, 3.05) is 0 Å². The van der Waals surface area contributed by atoms with Crippen LogP contribution in [0.25, 0.3) is 0 Å². The summed E-state index contributed by atoms with van der Waals surface area (Å²) >= 11 is 0. The van der Waals surface area contributed by atoms with Gasteiger partial charge in [-0.3, -0.25) is 14.4 Å². The van der Waals surface area contributed by atoms with Crippen LogP contribution in [0.15, 0.2) is 23.3 Å². The molecule has 2 aliphatic rings. The number of carbonyl (C=O) groups excluding carboxylic acids is 3. The summed E-state index contributed by atoms with van der Waals surface area (Å²) in [6.45, 7) is 5.33. The van der Waals surface area contributed by atoms with Gasteiger partial charge in [0, 0.05) is 5.92 Å². The largest absolute Gasteiger partial charge is 0.299 e. The number of hydrogen-bond donors (Lipinski definition) is 0. The molecule has 0 spiro atoms. The van der Waals surface area contributed by atoms with Crippen molar-refractivity contribution in [3.05, 3.63) is 23.3 Å². The van der Waals surface area contributed by atoms with Gasteiger partial charge in [-0.05, 0) is 45.8 Å². The van der Waals surface area contributed by atoms with Crippen LogP contribution in [-0.2, 0) is 14.4 Å². The first-order valence-corrected chi connectivity index (χ1v) is 5.82. The molecule has 0 saturated carbocycles. The van der Waals surface area contributed by atoms with Crippen LogP contribution in [0.4, 0.5) is 0 Å². The molecule has 0 unspecified atom stereocenters. The summed E-state index contributed by atoms with van der Waals surface area (Å²) in [6, 6.07) is 0. The Bertz CT molecular complexity index is 482. The van der Waals surface area contributed by atoms with Gasteiger partial charge >= 0.3 is 0 Å². The number of allylic oxidation sites excluding steroid dienone is 4. The Balaban J connectivity index is 2.61. The highest BCUT2D eigenvalue weighted by atomic mass is 16.2. The number of fused-ring (bicyclic) bond motifs is 1. The summed E-state index contributed by atoms with van der Waals surface area (Å²) in [4.78, 5) is 36.0. The van der Waals surface area contributed by atoms with E-state index in [0.717, 1.165) is 11.1 Å². The molecule has 0 fully saturated rings. The van der Waals surface area contributed by atoms with E-state index < -0.39 is 11.3 Å². The molecule has 0 aromatic heterocycles. The molecule has 2 rings (SSSR count). The topological polar surface area (TPSA) is 51.2 Å². The SMILES string of the molecule is CC(=O)[C@@]12CC(C)=C(C)C[C@@H]1C(=O)C=CC2=O. The van der Waals surface area contributed by atoms with E-state index in [-0.39, 0.29) is 17.3 Å². The molecule has 17 heavy (non-hydrogen) atoms. The molecule has 0 N–H and O–H groups in total. The first-order chi connectivity index (χ1) is 7.89. The maximum atomic E-state index is 12.1. The van der Waals surface area contributed by atoms with Crippen LogP contribution in [0.5, 0.6) is 0 Å². The smallest absolute Gasteiger partial charge is 0.170 e. The fourth-order valence-electron chi connectivity index (χ4n) is 2.92. The first kappa shape index (κ1) is 12.0. The Morgan fingerprint density at radius 3 is 2.47 bits per heavy atom. The van der Waals surface area contributed by atoms with E-state index >= 15 is 0 Å². The zero-order chi connectivity index (χ0) is 12.8. The minimum atomic E-state index is -1.12. The Labute approximate surface area is 101 Å². The van der Waals surface area contributed by atoms with Crippen molar-refractivity contribution in [1.82, 2.24) is 0 Å². The molecule has 3 heteroatoms. The van der Waals surface area contributed by atoms with E-state index in [1.54, 1.807) is 0 Å². The van der Waals surface area contributed by atoms with E-state index in [1.165, 1.54) is 19.1 Å². The predicted octanol–water partition coefficient (Wildman–Crippen LogP) is 2.02. The molecule has 0 heterocycles. The molecule has 0 amide bonds. The highest BCUT2D eigenvalue weighted by Gasteiger charge is 2.54. The summed E-state index contributed by atoms with van der Waals surface area (Å²) in [5.74, 6) is -0.966. The number of carbonyl (C=O) groups is 3. The second kappa shape index (κ2) is 3.76. The lowest BCUT2D eigenvalue weighted by atomic mass is 9.57. The monoisotopic (exact) mass is 232 g/mol. The molecular weight excluding hydrogens is 216 g/mol. The third kappa shape index (κ3) is 1.53. The number of ketones is 3. The standard InChI is InChI=1S/C14H16O3/c1-8-6-11-12(16)4-5-13(17)14(11,10(3)15)7-9(8)2/h4-5,11H,6-7H2,1-3H3/t11-,14+/m1/s1. The highest BCUT2D eigenvalue weighted by Crippen LogP contribution is 2.47. The lowest BCUT2D eigenvalue weighted by molar-refractivity contribution is -0.147. The Morgan fingerprint density at radius 1 is 1.24 bits per heavy atom. The highest BCUT2D eigenvalue weighted by molar-refractivity contribution is 6.19. The van der Waals surface area contributed by atoms with Crippen LogP contribution in [0.2, 0.25) is 0 Å². The molecule has 0 radical (unpaired) electrons. The normalized spacial score (nSPS) is 32.8. The quantitative estimate of drug-likeness (QED) is 0.513. The molecule has 2 atom stereocenters. The Hall–Kier alpha value is -1.51. The van der Waals surface area contributed by atoms with Gasteiger partial charge in [-0.2, -0.15) is 0 Å². The number of hydrogen-bond acceptors (Lipinski definition) is 3. The fourth-order valence-corrected chi connectivity index (χ4v) is 2.92. The molecule has 2 aliphatic carbocycles. The van der Waals surface area contributed by atoms with E-state index in [2.05, 4.69) is 0 Å². The van der Waals surface area contributed by atoms with Crippen molar-refractivity contribution in [1.29, 1.82) is 0 Å². The third-order valence-corrected chi connectivity index (χ3v) is 4.19. The average Bonchev–Trinajstić information content (AvgIpc) is 2.26. The van der Waals surface area contributed by atoms with Crippen LogP contribution in [0.1, 0.15) is 33.6 Å². The minimum Gasteiger partial charge on any atom is -0.299 e. The predicted molar refractivity (Wildman–Crippen MR) is 63.4 cm³/mol. The first-order valence-electron chi connectivity index (χ1n) is 5.82. The van der Waals surface area contributed by atoms with Crippen molar-refractivity contribution in [2.45, 2.75) is 33.6 Å². The maximum Gasteiger partial charge on any atom is 0.170 e. The van der Waals surface area contributed by atoms with Crippen molar-refractivity contribution in [2.24, 2.45) is 11.3 Å². The number of rotatable bonds is 1. The van der Waals surface area contributed by atoms with Crippen molar-refractivity contribution < 1.29 is 14.4 Å². The van der Waals surface area contributed by atoms with Crippen molar-refractivity contribution in [3.63, 3.8) is 0 Å². The second-order valence-electron chi connectivity index (χ2n) is 5.12. The second-order valence-corrected chi connectivity index (χ2v) is 5.12. The van der Waals surface area contributed by atoms with E-state index in [1.807, 2.05) is 13.8 Å². The zero-order valence-corrected chi connectivity index (χ0v) is 10.4. The summed E-state index contributed by atoms with van der Waals surface area (Å²) in [5.41, 5.74) is 1.08. The molecule has 3 nitrogen and oxygen atoms in total. The molecule has 0 bridgehead atoms. The zero-order valence-electron chi connectivity index (χ0n) is 10.4. The Morgan fingerprint density at radius 2 is 1.88 bits per heavy atom. The fraction of sp³-hybridized carbons (Fsp3) is 0.500. The van der Waals surface area contributed by atoms with Crippen LogP contribution in [0.3, 0.4) is 0 Å². The van der Waals surface area contributed by atoms with Gasteiger partial charge in [0.1, 0.15) is 11.2 Å². The van der Waals surface area contributed by atoms with Gasteiger partial charge in [-0.1, -0.05) is 11.1 Å². The average molecular weight is 232 g/mol. The van der Waals surface area contributed by atoms with Crippen molar-refractivity contribution in [3.8, 4) is 0 Å². The van der Waals surface area contributed by atoms with Crippen LogP contribution < -0.4 is 0 Å². The summed E-state index contributed by atoms with van der Waals surface area (Å²) in [6.07, 6.45) is 3.52. The van der Waals surface area contributed by atoms with Gasteiger partial charge < -0.3 is 0 Å². The van der Waals surface area contributed by atoms with E-state index in [4.69, 9.17) is 0 Å². The van der Waals surface area contributed by atoms with Gasteiger partial charge in [0.25, 0.3) is 0 Å². The molecular formula is C14H16O3. The van der Waals surface area contributed by atoms with E-state index in [0.29, 0.717) is 12.8 Å². The molecule has 90 valence electrons. The summed E-state index contributed by atoms with van der Waals surface area (Å²) < 4.78 is 0. The number of Topliss-reactive ketones (excluding diaryl/α,β-unsaturated/α-hetero) is 1. The van der Waals surface area contributed by atoms with Gasteiger partial charge in [-0.15, -0.1) is 0 Å². The van der Waals surface area contributed by atoms with Gasteiger partial charge in [0.2, 0.25) is 0 Å². The van der Waals surface area contributed by atoms with Crippen LogP contribution in [0, 0.1) is 11.3 Å². The lowest BCUT2D eigenvalue weighted by Crippen LogP contribution is -2.51.